The third-order valence-electron chi connectivity index (χ3n) is 8.13. The maximum Gasteiger partial charge on any atom is 0.433 e. The first-order chi connectivity index (χ1) is 18.3. The Morgan fingerprint density at radius 2 is 1.62 bits per heavy atom. The minimum absolute atomic E-state index is 0.0651. The first kappa shape index (κ1) is 29.1. The van der Waals surface area contributed by atoms with Gasteiger partial charge in [-0.3, -0.25) is 19.5 Å². The minimum Gasteiger partial charge on any atom is -0.343 e. The van der Waals surface area contributed by atoms with Gasteiger partial charge in [0.15, 0.2) is 0 Å². The summed E-state index contributed by atoms with van der Waals surface area (Å²) < 4.78 is 39.6. The van der Waals surface area contributed by atoms with Crippen molar-refractivity contribution in [1.82, 2.24) is 19.7 Å². The molecule has 2 fully saturated rings. The topological polar surface area (TPSA) is 56.8 Å². The number of pyridine rings is 1. The van der Waals surface area contributed by atoms with Crippen LogP contribution in [0.1, 0.15) is 69.8 Å². The highest BCUT2D eigenvalue weighted by Crippen LogP contribution is 2.36. The maximum atomic E-state index is 13.6. The lowest BCUT2D eigenvalue weighted by Crippen LogP contribution is -2.60. The monoisotopic (exact) mass is 544 g/mol. The van der Waals surface area contributed by atoms with Crippen LogP contribution < -0.4 is 0 Å². The van der Waals surface area contributed by atoms with Gasteiger partial charge in [-0.15, -0.1) is 0 Å². The molecule has 39 heavy (non-hydrogen) atoms. The molecule has 0 bridgehead atoms. The van der Waals surface area contributed by atoms with Crippen LogP contribution in [0.2, 0.25) is 0 Å². The molecule has 2 amide bonds. The number of nitrogens with zero attached hydrogens (tertiary/aromatic N) is 4. The van der Waals surface area contributed by atoms with Crippen molar-refractivity contribution in [3.8, 4) is 0 Å². The zero-order valence-electron chi connectivity index (χ0n) is 23.2. The molecule has 6 nitrogen and oxygen atoms in total. The minimum atomic E-state index is -4.49. The van der Waals surface area contributed by atoms with Crippen LogP contribution in [0.3, 0.4) is 0 Å². The molecule has 1 aromatic heterocycles. The molecule has 2 atom stereocenters. The van der Waals surface area contributed by atoms with Crippen LogP contribution >= 0.6 is 0 Å². The number of carbonyl (C=O) groups excluding carboxylic acids is 2. The standard InChI is InChI=1S/C30H39F3N4O2/c1-21(38)35-14-12-22(13-15-35)18-27(39)37-17-16-36(20-26(37)29(2,3)4)28(23-8-6-5-7-9-23)24-10-11-25(34-19-24)30(31,32)33/h5-11,19,22,26,28H,12-18,20H2,1-4H3/t26-,28?/m1/s1. The van der Waals surface area contributed by atoms with Crippen molar-refractivity contribution in [2.24, 2.45) is 11.3 Å². The second-order valence-corrected chi connectivity index (χ2v) is 11.9. The molecule has 2 saturated heterocycles. The van der Waals surface area contributed by atoms with E-state index in [0.717, 1.165) is 24.5 Å². The van der Waals surface area contributed by atoms with Crippen molar-refractivity contribution in [3.05, 3.63) is 65.5 Å². The number of carbonyl (C=O) groups is 2. The molecule has 0 aliphatic carbocycles. The van der Waals surface area contributed by atoms with Crippen molar-refractivity contribution in [1.29, 1.82) is 0 Å². The number of halogens is 3. The number of hydrogen-bond donors (Lipinski definition) is 0. The first-order valence-electron chi connectivity index (χ1n) is 13.7. The Balaban J connectivity index is 1.54. The van der Waals surface area contributed by atoms with Crippen molar-refractivity contribution < 1.29 is 22.8 Å². The normalized spacial score (nSPS) is 20.6. The van der Waals surface area contributed by atoms with Gasteiger partial charge in [-0.25, -0.2) is 0 Å². The van der Waals surface area contributed by atoms with Crippen LogP contribution in [0.5, 0.6) is 0 Å². The Labute approximate surface area is 229 Å². The summed E-state index contributed by atoms with van der Waals surface area (Å²) in [5.74, 6) is 0.491. The first-order valence-corrected chi connectivity index (χ1v) is 13.7. The van der Waals surface area contributed by atoms with Crippen molar-refractivity contribution >= 4 is 11.8 Å². The van der Waals surface area contributed by atoms with Gasteiger partial charge in [0.05, 0.1) is 6.04 Å². The quantitative estimate of drug-likeness (QED) is 0.506. The van der Waals surface area contributed by atoms with Crippen LogP contribution in [0.15, 0.2) is 48.7 Å². The van der Waals surface area contributed by atoms with E-state index in [0.29, 0.717) is 44.7 Å². The zero-order chi connectivity index (χ0) is 28.4. The lowest BCUT2D eigenvalue weighted by Gasteiger charge is -2.49. The van der Waals surface area contributed by atoms with E-state index >= 15 is 0 Å². The third-order valence-corrected chi connectivity index (χ3v) is 8.13. The largest absolute Gasteiger partial charge is 0.433 e. The number of aromatic nitrogens is 1. The van der Waals surface area contributed by atoms with Crippen molar-refractivity contribution in [2.45, 2.75) is 65.2 Å². The summed E-state index contributed by atoms with van der Waals surface area (Å²) in [5.41, 5.74) is 0.559. The van der Waals surface area contributed by atoms with Gasteiger partial charge in [-0.2, -0.15) is 13.2 Å². The van der Waals surface area contributed by atoms with Crippen LogP contribution in [0.4, 0.5) is 13.2 Å². The van der Waals surface area contributed by atoms with Gasteiger partial charge in [0.25, 0.3) is 0 Å². The number of amides is 2. The second kappa shape index (κ2) is 11.7. The fraction of sp³-hybridized carbons (Fsp3) is 0.567. The summed E-state index contributed by atoms with van der Waals surface area (Å²) >= 11 is 0. The Bertz CT molecular complexity index is 1120. The van der Waals surface area contributed by atoms with Crippen molar-refractivity contribution in [2.75, 3.05) is 32.7 Å². The summed E-state index contributed by atoms with van der Waals surface area (Å²) in [6.07, 6.45) is -1.02. The fourth-order valence-electron chi connectivity index (χ4n) is 5.88. The number of piperazine rings is 1. The van der Waals surface area contributed by atoms with E-state index in [4.69, 9.17) is 0 Å². The van der Waals surface area contributed by atoms with Gasteiger partial charge < -0.3 is 9.80 Å². The van der Waals surface area contributed by atoms with Crippen LogP contribution in [-0.4, -0.2) is 70.3 Å². The van der Waals surface area contributed by atoms with Crippen LogP contribution in [0, 0.1) is 11.3 Å². The average Bonchev–Trinajstić information content (AvgIpc) is 2.89. The Hall–Kier alpha value is -2.94. The SMILES string of the molecule is CC(=O)N1CCC(CC(=O)N2CCN(C(c3ccccc3)c3ccc(C(F)(F)F)nc3)C[C@@H]2C(C)(C)C)CC1. The fourth-order valence-corrected chi connectivity index (χ4v) is 5.88. The summed E-state index contributed by atoms with van der Waals surface area (Å²) in [6, 6.07) is 12.0. The number of benzene rings is 1. The lowest BCUT2D eigenvalue weighted by molar-refractivity contribution is -0.142. The predicted octanol–water partition coefficient (Wildman–Crippen LogP) is 5.40. The van der Waals surface area contributed by atoms with E-state index in [9.17, 15) is 22.8 Å². The molecular formula is C30H39F3N4O2. The van der Waals surface area contributed by atoms with Gasteiger partial charge >= 0.3 is 6.18 Å². The number of alkyl halides is 3. The highest BCUT2D eigenvalue weighted by molar-refractivity contribution is 5.77. The molecule has 212 valence electrons. The van der Waals surface area contributed by atoms with Gasteiger partial charge in [0.2, 0.25) is 11.8 Å². The molecule has 4 rings (SSSR count). The zero-order valence-corrected chi connectivity index (χ0v) is 23.2. The Kier molecular flexibility index (Phi) is 8.69. The van der Waals surface area contributed by atoms with Gasteiger partial charge in [0.1, 0.15) is 5.69 Å². The molecular weight excluding hydrogens is 505 g/mol. The van der Waals surface area contributed by atoms with Gasteiger partial charge in [-0.1, -0.05) is 57.2 Å². The molecule has 2 aromatic rings. The summed E-state index contributed by atoms with van der Waals surface area (Å²) in [5, 5.41) is 0. The molecule has 0 saturated carbocycles. The maximum absolute atomic E-state index is 13.6. The lowest BCUT2D eigenvalue weighted by atomic mass is 9.82. The molecule has 0 N–H and O–H groups in total. The average molecular weight is 545 g/mol. The number of hydrogen-bond acceptors (Lipinski definition) is 4. The van der Waals surface area contributed by atoms with E-state index in [2.05, 4.69) is 30.7 Å². The number of piperidine rings is 1. The Morgan fingerprint density at radius 3 is 2.15 bits per heavy atom. The molecule has 0 spiro atoms. The highest BCUT2D eigenvalue weighted by Gasteiger charge is 2.41. The molecule has 2 aliphatic rings. The van der Waals surface area contributed by atoms with Crippen molar-refractivity contribution in [3.63, 3.8) is 0 Å². The number of likely N-dealkylation sites (tertiary alicyclic amines) is 1. The smallest absolute Gasteiger partial charge is 0.343 e. The van der Waals surface area contributed by atoms with E-state index < -0.39 is 11.9 Å². The molecule has 1 aromatic carbocycles. The predicted molar refractivity (Wildman–Crippen MR) is 144 cm³/mol. The molecule has 9 heteroatoms. The number of rotatable bonds is 5. The van der Waals surface area contributed by atoms with Crippen LogP contribution in [0.25, 0.3) is 0 Å². The van der Waals surface area contributed by atoms with Gasteiger partial charge in [0, 0.05) is 58.3 Å². The molecule has 3 heterocycles. The molecule has 2 aliphatic heterocycles. The van der Waals surface area contributed by atoms with Crippen LogP contribution in [-0.2, 0) is 15.8 Å². The Morgan fingerprint density at radius 1 is 0.949 bits per heavy atom. The van der Waals surface area contributed by atoms with E-state index in [1.165, 1.54) is 12.3 Å². The summed E-state index contributed by atoms with van der Waals surface area (Å²) in [6.45, 7) is 11.1. The highest BCUT2D eigenvalue weighted by atomic mass is 19.4. The van der Waals surface area contributed by atoms with E-state index in [-0.39, 0.29) is 35.2 Å². The summed E-state index contributed by atoms with van der Waals surface area (Å²) in [4.78, 5) is 35.1. The second-order valence-electron chi connectivity index (χ2n) is 11.9. The molecule has 1 unspecified atom stereocenters. The van der Waals surface area contributed by atoms with E-state index in [1.807, 2.05) is 40.1 Å². The summed E-state index contributed by atoms with van der Waals surface area (Å²) in [7, 11) is 0. The van der Waals surface area contributed by atoms with E-state index in [1.54, 1.807) is 6.92 Å². The molecule has 0 radical (unpaired) electrons. The van der Waals surface area contributed by atoms with Gasteiger partial charge in [-0.05, 0) is 41.4 Å². The third kappa shape index (κ3) is 6.99.